The lowest BCUT2D eigenvalue weighted by molar-refractivity contribution is 0.273. The molecule has 9 heteroatoms. The number of nitrogens with zero attached hydrogens (tertiary/aromatic N) is 2. The van der Waals surface area contributed by atoms with E-state index in [1.165, 1.54) is 22.8 Å². The van der Waals surface area contributed by atoms with Crippen LogP contribution in [0.2, 0.25) is 5.02 Å². The van der Waals surface area contributed by atoms with Crippen LogP contribution in [-0.4, -0.2) is 34.9 Å². The number of benzene rings is 2. The smallest absolute Gasteiger partial charge is 0.274 e. The van der Waals surface area contributed by atoms with Gasteiger partial charge in [-0.15, -0.1) is 0 Å². The predicted octanol–water partition coefficient (Wildman–Crippen LogP) is 3.69. The molecular formula is C21H16ClFN2O4S. The molecule has 0 bridgehead atoms. The molecule has 0 aliphatic rings. The van der Waals surface area contributed by atoms with Crippen molar-refractivity contribution in [2.45, 2.75) is 0 Å². The number of hydrogen-bond donors (Lipinski definition) is 1. The maximum Gasteiger partial charge on any atom is 0.274 e. The Morgan fingerprint density at radius 3 is 2.73 bits per heavy atom. The molecule has 4 rings (SSSR count). The molecular weight excluding hydrogens is 431 g/mol. The van der Waals surface area contributed by atoms with Crippen molar-refractivity contribution in [2.75, 3.05) is 20.4 Å². The quantitative estimate of drug-likeness (QED) is 0.489. The van der Waals surface area contributed by atoms with E-state index in [-0.39, 0.29) is 28.7 Å². The number of ether oxygens (including phenoxy) is 2. The molecule has 0 spiro atoms. The van der Waals surface area contributed by atoms with Crippen molar-refractivity contribution in [2.24, 2.45) is 0 Å². The first-order valence-electron chi connectivity index (χ1n) is 8.89. The molecule has 4 aromatic rings. The molecule has 2 heterocycles. The topological polar surface area (TPSA) is 73.1 Å². The minimum Gasteiger partial charge on any atom is -0.503 e. The Morgan fingerprint density at radius 1 is 1.30 bits per heavy atom. The maximum atomic E-state index is 12.8. The fraction of sp³-hybridized carbons (Fsp3) is 0.143. The number of hydrogen-bond acceptors (Lipinski definition) is 6. The van der Waals surface area contributed by atoms with Crippen molar-refractivity contribution in [3.8, 4) is 28.5 Å². The summed E-state index contributed by atoms with van der Waals surface area (Å²) in [5, 5.41) is 9.99. The molecule has 1 N–H and O–H groups in total. The van der Waals surface area contributed by atoms with Crippen molar-refractivity contribution >= 4 is 34.0 Å². The van der Waals surface area contributed by atoms with E-state index >= 15 is 0 Å². The number of imidazole rings is 1. The second-order valence-electron chi connectivity index (χ2n) is 6.31. The van der Waals surface area contributed by atoms with Gasteiger partial charge < -0.3 is 14.6 Å². The Bertz CT molecular complexity index is 1320. The lowest BCUT2D eigenvalue weighted by atomic mass is 10.2. The lowest BCUT2D eigenvalue weighted by Gasteiger charge is -2.05. The van der Waals surface area contributed by atoms with Crippen LogP contribution in [0, 0.1) is 0 Å². The second-order valence-corrected chi connectivity index (χ2v) is 7.73. The number of halogens is 2. The van der Waals surface area contributed by atoms with Crippen LogP contribution in [0.15, 0.2) is 47.4 Å². The average molecular weight is 447 g/mol. The summed E-state index contributed by atoms with van der Waals surface area (Å²) in [6.45, 7) is -0.537. The summed E-state index contributed by atoms with van der Waals surface area (Å²) in [5.74, 6) is 0.649. The summed E-state index contributed by atoms with van der Waals surface area (Å²) in [6, 6.07) is 10.2. The third-order valence-corrected chi connectivity index (χ3v) is 5.64. The van der Waals surface area contributed by atoms with Gasteiger partial charge in [-0.1, -0.05) is 22.9 Å². The molecule has 0 radical (unpaired) electrons. The third kappa shape index (κ3) is 3.83. The molecule has 30 heavy (non-hydrogen) atoms. The molecule has 2 aromatic carbocycles. The molecule has 0 aliphatic carbocycles. The zero-order valence-corrected chi connectivity index (χ0v) is 17.3. The zero-order chi connectivity index (χ0) is 21.3. The van der Waals surface area contributed by atoms with Crippen LogP contribution in [0.25, 0.3) is 22.3 Å². The monoisotopic (exact) mass is 446 g/mol. The van der Waals surface area contributed by atoms with Crippen LogP contribution in [0.5, 0.6) is 17.2 Å². The van der Waals surface area contributed by atoms with Crippen LogP contribution in [0.1, 0.15) is 5.56 Å². The Hall–Kier alpha value is -3.10. The average Bonchev–Trinajstić information content (AvgIpc) is 3.29. The molecule has 0 amide bonds. The van der Waals surface area contributed by atoms with Gasteiger partial charge in [-0.25, -0.2) is 9.37 Å². The van der Waals surface area contributed by atoms with Crippen LogP contribution in [0.3, 0.4) is 0 Å². The summed E-state index contributed by atoms with van der Waals surface area (Å²) >= 11 is 7.26. The van der Waals surface area contributed by atoms with Gasteiger partial charge in [0.05, 0.1) is 22.4 Å². The highest BCUT2D eigenvalue weighted by Gasteiger charge is 2.12. The standard InChI is InChI=1S/C21H16ClFN2O4S/c1-28-17-9-12(8-15(22)19(17)26)10-18-20(27)25-11-16(24-21(25)30-18)13-2-4-14(5-3-13)29-7-6-23/h2-5,8-11,26H,6-7H2,1H3/b18-10-. The summed E-state index contributed by atoms with van der Waals surface area (Å²) in [4.78, 5) is 17.9. The molecule has 6 nitrogen and oxygen atoms in total. The number of thiazole rings is 1. The number of phenolic OH excluding ortho intramolecular Hbond substituents is 1. The molecule has 0 aliphatic heterocycles. The fourth-order valence-corrected chi connectivity index (χ4v) is 4.11. The highest BCUT2D eigenvalue weighted by atomic mass is 35.5. The normalized spacial score (nSPS) is 11.9. The highest BCUT2D eigenvalue weighted by Crippen LogP contribution is 2.35. The van der Waals surface area contributed by atoms with Crippen molar-refractivity contribution in [3.05, 3.63) is 68.1 Å². The lowest BCUT2D eigenvalue weighted by Crippen LogP contribution is -2.22. The number of aromatic nitrogens is 2. The largest absolute Gasteiger partial charge is 0.503 e. The highest BCUT2D eigenvalue weighted by molar-refractivity contribution is 7.15. The molecule has 0 saturated heterocycles. The van der Waals surface area contributed by atoms with Gasteiger partial charge in [0.25, 0.3) is 5.56 Å². The van der Waals surface area contributed by atoms with E-state index in [9.17, 15) is 14.3 Å². The summed E-state index contributed by atoms with van der Waals surface area (Å²) in [7, 11) is 1.43. The molecule has 154 valence electrons. The van der Waals surface area contributed by atoms with Crippen LogP contribution < -0.4 is 19.6 Å². The molecule has 0 fully saturated rings. The molecule has 2 aromatic heterocycles. The van der Waals surface area contributed by atoms with E-state index in [0.29, 0.717) is 26.5 Å². The van der Waals surface area contributed by atoms with E-state index in [1.807, 2.05) is 12.1 Å². The first-order valence-corrected chi connectivity index (χ1v) is 10.1. The van der Waals surface area contributed by atoms with Crippen molar-refractivity contribution < 1.29 is 19.0 Å². The number of fused-ring (bicyclic) bond motifs is 1. The summed E-state index contributed by atoms with van der Waals surface area (Å²) in [5.41, 5.74) is 1.88. The van der Waals surface area contributed by atoms with Gasteiger partial charge in [-0.05, 0) is 48.0 Å². The Labute approximate surface area is 179 Å². The van der Waals surface area contributed by atoms with Gasteiger partial charge >= 0.3 is 0 Å². The Morgan fingerprint density at radius 2 is 2.07 bits per heavy atom. The van der Waals surface area contributed by atoms with Crippen molar-refractivity contribution in [3.63, 3.8) is 0 Å². The van der Waals surface area contributed by atoms with Crippen LogP contribution in [-0.2, 0) is 0 Å². The Kier molecular flexibility index (Phi) is 5.61. The van der Waals surface area contributed by atoms with Gasteiger partial charge in [-0.2, -0.15) is 0 Å². The van der Waals surface area contributed by atoms with Crippen molar-refractivity contribution in [1.29, 1.82) is 0 Å². The van der Waals surface area contributed by atoms with Crippen molar-refractivity contribution in [1.82, 2.24) is 9.38 Å². The summed E-state index contributed by atoms with van der Waals surface area (Å²) < 4.78 is 24.5. The van der Waals surface area contributed by atoms with E-state index in [2.05, 4.69) is 4.98 Å². The molecule has 0 unspecified atom stereocenters. The van der Waals surface area contributed by atoms with Crippen LogP contribution in [0.4, 0.5) is 4.39 Å². The number of methoxy groups -OCH3 is 1. The van der Waals surface area contributed by atoms with Gasteiger partial charge in [0.15, 0.2) is 16.5 Å². The van der Waals surface area contributed by atoms with Gasteiger partial charge in [0, 0.05) is 11.8 Å². The summed E-state index contributed by atoms with van der Waals surface area (Å²) in [6.07, 6.45) is 3.35. The minimum absolute atomic E-state index is 0.0104. The zero-order valence-electron chi connectivity index (χ0n) is 15.8. The van der Waals surface area contributed by atoms with E-state index < -0.39 is 6.67 Å². The number of aromatic hydroxyl groups is 1. The van der Waals surface area contributed by atoms with Gasteiger partial charge in [-0.3, -0.25) is 9.20 Å². The van der Waals surface area contributed by atoms with Crippen LogP contribution >= 0.6 is 22.9 Å². The predicted molar refractivity (Wildman–Crippen MR) is 115 cm³/mol. The van der Waals surface area contributed by atoms with Gasteiger partial charge in [0.2, 0.25) is 0 Å². The minimum atomic E-state index is -0.548. The first kappa shape index (κ1) is 20.2. The Balaban J connectivity index is 1.68. The number of rotatable bonds is 6. The molecule has 0 saturated carbocycles. The first-order chi connectivity index (χ1) is 14.5. The second kappa shape index (κ2) is 8.33. The number of alkyl halides is 1. The number of phenols is 1. The van der Waals surface area contributed by atoms with E-state index in [4.69, 9.17) is 21.1 Å². The maximum absolute atomic E-state index is 12.8. The fourth-order valence-electron chi connectivity index (χ4n) is 2.93. The third-order valence-electron chi connectivity index (χ3n) is 4.37. The van der Waals surface area contributed by atoms with Gasteiger partial charge in [0.1, 0.15) is 19.0 Å². The van der Waals surface area contributed by atoms with E-state index in [0.717, 1.165) is 5.56 Å². The SMILES string of the molecule is COc1cc(/C=c2\sc3nc(-c4ccc(OCCF)cc4)cn3c2=O)cc(Cl)c1O. The van der Waals surface area contributed by atoms with E-state index in [1.54, 1.807) is 36.5 Å². The molecule has 0 atom stereocenters.